The van der Waals surface area contributed by atoms with E-state index in [4.69, 9.17) is 4.74 Å². The van der Waals surface area contributed by atoms with E-state index in [9.17, 15) is 4.79 Å². The Labute approximate surface area is 239 Å². The Kier molecular flexibility index (Phi) is 7.45. The fourth-order valence-electron chi connectivity index (χ4n) is 5.47. The van der Waals surface area contributed by atoms with Gasteiger partial charge in [-0.05, 0) is 79.3 Å². The summed E-state index contributed by atoms with van der Waals surface area (Å²) in [5.41, 5.74) is 7.39. The number of nitrogens with zero attached hydrogens (tertiary/aromatic N) is 3. The van der Waals surface area contributed by atoms with Crippen LogP contribution >= 0.6 is 0 Å². The van der Waals surface area contributed by atoms with Crippen molar-refractivity contribution in [2.75, 3.05) is 10.6 Å². The molecule has 3 N–H and O–H groups in total. The van der Waals surface area contributed by atoms with Crippen LogP contribution in [-0.4, -0.2) is 32.8 Å². The Morgan fingerprint density at radius 3 is 2.41 bits per heavy atom. The third-order valence-corrected chi connectivity index (χ3v) is 7.50. The third-order valence-electron chi connectivity index (χ3n) is 7.50. The van der Waals surface area contributed by atoms with E-state index in [1.165, 1.54) is 5.56 Å². The van der Waals surface area contributed by atoms with E-state index < -0.39 is 0 Å². The number of carbonyl (C=O) groups is 1. The maximum Gasteiger partial charge on any atom is 0.323 e. The van der Waals surface area contributed by atoms with Crippen LogP contribution < -0.4 is 15.4 Å². The van der Waals surface area contributed by atoms with Crippen molar-refractivity contribution in [2.24, 2.45) is 0 Å². The van der Waals surface area contributed by atoms with Gasteiger partial charge in [0.2, 0.25) is 5.82 Å². The summed E-state index contributed by atoms with van der Waals surface area (Å²) in [6.45, 7) is 4.10. The first-order chi connectivity index (χ1) is 20.0. The first-order valence-electron chi connectivity index (χ1n) is 13.9. The van der Waals surface area contributed by atoms with Gasteiger partial charge in [-0.1, -0.05) is 72.3 Å². The second-order valence-corrected chi connectivity index (χ2v) is 10.5. The highest BCUT2D eigenvalue weighted by molar-refractivity contribution is 6.01. The molecule has 0 radical (unpaired) electrons. The largest absolute Gasteiger partial charge is 0.488 e. The van der Waals surface area contributed by atoms with Gasteiger partial charge in [0.25, 0.3) is 0 Å². The number of fused-ring (bicyclic) bond motifs is 1. The van der Waals surface area contributed by atoms with Crippen LogP contribution in [0.5, 0.6) is 5.75 Å². The molecular weight excluding hydrogens is 512 g/mol. The summed E-state index contributed by atoms with van der Waals surface area (Å²) in [4.78, 5) is 13.3. The summed E-state index contributed by atoms with van der Waals surface area (Å²) < 4.78 is 6.60. The number of anilines is 2. The molecule has 2 atom stereocenters. The third kappa shape index (κ3) is 5.82. The predicted molar refractivity (Wildman–Crippen MR) is 161 cm³/mol. The number of rotatable bonds is 5. The topological polar surface area (TPSA) is 105 Å². The Hall–Kier alpha value is -4.98. The van der Waals surface area contributed by atoms with Gasteiger partial charge in [0, 0.05) is 22.7 Å². The molecule has 4 aromatic carbocycles. The number of benzene rings is 4. The van der Waals surface area contributed by atoms with Crippen molar-refractivity contribution in [3.63, 3.8) is 0 Å². The Morgan fingerprint density at radius 1 is 0.902 bits per heavy atom. The van der Waals surface area contributed by atoms with Crippen LogP contribution in [0, 0.1) is 6.92 Å². The molecule has 8 heteroatoms. The molecule has 1 aromatic heterocycles. The lowest BCUT2D eigenvalue weighted by atomic mass is 9.83. The van der Waals surface area contributed by atoms with Crippen molar-refractivity contribution in [3.8, 4) is 28.3 Å². The van der Waals surface area contributed by atoms with Gasteiger partial charge in [-0.15, -0.1) is 10.2 Å². The molecule has 6 rings (SSSR count). The minimum atomic E-state index is -0.339. The maximum atomic E-state index is 13.3. The average Bonchev–Trinajstić information content (AvgIpc) is 3.52. The number of H-pyrrole nitrogens is 1. The zero-order chi connectivity index (χ0) is 28.2. The van der Waals surface area contributed by atoms with E-state index in [-0.39, 0.29) is 18.1 Å². The number of ether oxygens (including phenoxy) is 1. The van der Waals surface area contributed by atoms with E-state index in [0.29, 0.717) is 22.9 Å². The van der Waals surface area contributed by atoms with E-state index in [0.717, 1.165) is 47.1 Å². The van der Waals surface area contributed by atoms with Crippen LogP contribution in [0.25, 0.3) is 22.5 Å². The van der Waals surface area contributed by atoms with Crippen LogP contribution in [0.2, 0.25) is 0 Å². The molecule has 2 amide bonds. The fraction of sp³-hybridized carbons (Fsp3) is 0.212. The zero-order valence-corrected chi connectivity index (χ0v) is 23.1. The second-order valence-electron chi connectivity index (χ2n) is 10.5. The highest BCUT2D eigenvalue weighted by Gasteiger charge is 2.27. The molecule has 1 aliphatic rings. The van der Waals surface area contributed by atoms with Gasteiger partial charge in [0.15, 0.2) is 0 Å². The van der Waals surface area contributed by atoms with Crippen LogP contribution in [0.3, 0.4) is 0 Å². The molecular formula is C33H32N6O2. The minimum Gasteiger partial charge on any atom is -0.488 e. The van der Waals surface area contributed by atoms with E-state index in [1.54, 1.807) is 0 Å². The molecule has 41 heavy (non-hydrogen) atoms. The highest BCUT2D eigenvalue weighted by Crippen LogP contribution is 2.46. The van der Waals surface area contributed by atoms with Gasteiger partial charge < -0.3 is 15.4 Å². The van der Waals surface area contributed by atoms with Crippen molar-refractivity contribution in [1.29, 1.82) is 0 Å². The summed E-state index contributed by atoms with van der Waals surface area (Å²) in [5, 5.41) is 20.9. The second kappa shape index (κ2) is 11.6. The van der Waals surface area contributed by atoms with Gasteiger partial charge in [-0.3, -0.25) is 0 Å². The quantitative estimate of drug-likeness (QED) is 0.212. The molecule has 2 heterocycles. The van der Waals surface area contributed by atoms with Gasteiger partial charge in [-0.2, -0.15) is 5.21 Å². The molecule has 0 unspecified atom stereocenters. The lowest BCUT2D eigenvalue weighted by Gasteiger charge is -2.29. The van der Waals surface area contributed by atoms with Crippen LogP contribution in [0.1, 0.15) is 48.8 Å². The van der Waals surface area contributed by atoms with Gasteiger partial charge in [0.05, 0.1) is 11.8 Å². The molecule has 0 bridgehead atoms. The summed E-state index contributed by atoms with van der Waals surface area (Å²) >= 11 is 0. The average molecular weight is 545 g/mol. The van der Waals surface area contributed by atoms with Crippen molar-refractivity contribution in [2.45, 2.75) is 45.1 Å². The molecule has 0 aliphatic carbocycles. The lowest BCUT2D eigenvalue weighted by molar-refractivity contribution is 0.197. The standard InChI is InChI=1S/C33H32N6O2/c1-21-15-17-25(18-16-21)34-33(40)35-30-20-24(27-12-6-7-13-28(27)32-36-38-39-37-32)19-29-26(23-10-4-3-5-11-23)14-8-9-22(2)41-31(29)30/h3-7,10-13,15-20,22,26H,8-9,14H2,1-2H3,(H2,34,35,40)(H,36,37,38,39)/t22-,26-/m0/s1. The van der Waals surface area contributed by atoms with E-state index in [1.807, 2.05) is 67.6 Å². The molecule has 0 saturated carbocycles. The number of aromatic nitrogens is 4. The number of urea groups is 1. The molecule has 0 saturated heterocycles. The molecule has 5 aromatic rings. The number of hydrogen-bond acceptors (Lipinski definition) is 5. The molecule has 206 valence electrons. The molecule has 0 spiro atoms. The monoisotopic (exact) mass is 544 g/mol. The number of carbonyl (C=O) groups excluding carboxylic acids is 1. The number of aryl methyl sites for hydroxylation is 1. The summed E-state index contributed by atoms with van der Waals surface area (Å²) in [7, 11) is 0. The Bertz CT molecular complexity index is 1630. The predicted octanol–water partition coefficient (Wildman–Crippen LogP) is 7.57. The van der Waals surface area contributed by atoms with Crippen LogP contribution in [-0.2, 0) is 0 Å². The number of nitrogens with one attached hydrogen (secondary N) is 3. The lowest BCUT2D eigenvalue weighted by Crippen LogP contribution is -2.23. The SMILES string of the molecule is Cc1ccc(NC(=O)Nc2cc(-c3ccccc3-c3nn[nH]n3)cc3c2O[C@@H](C)CCC[C@H]3c2ccccc2)cc1. The minimum absolute atomic E-state index is 0.00338. The van der Waals surface area contributed by atoms with Gasteiger partial charge in [0.1, 0.15) is 5.75 Å². The van der Waals surface area contributed by atoms with E-state index >= 15 is 0 Å². The summed E-state index contributed by atoms with van der Waals surface area (Å²) in [6, 6.07) is 30.0. The number of hydrogen-bond donors (Lipinski definition) is 3. The summed E-state index contributed by atoms with van der Waals surface area (Å²) in [6.07, 6.45) is 2.93. The first-order valence-corrected chi connectivity index (χ1v) is 13.9. The normalized spacial score (nSPS) is 16.5. The van der Waals surface area contributed by atoms with Crippen LogP contribution in [0.4, 0.5) is 16.2 Å². The first kappa shape index (κ1) is 26.3. The smallest absolute Gasteiger partial charge is 0.323 e. The van der Waals surface area contributed by atoms with E-state index in [2.05, 4.69) is 68.5 Å². The molecule has 0 fully saturated rings. The Balaban J connectivity index is 1.50. The maximum absolute atomic E-state index is 13.3. The molecule has 8 nitrogen and oxygen atoms in total. The molecule has 1 aliphatic heterocycles. The zero-order valence-electron chi connectivity index (χ0n) is 23.1. The highest BCUT2D eigenvalue weighted by atomic mass is 16.5. The summed E-state index contributed by atoms with van der Waals surface area (Å²) in [5.74, 6) is 1.30. The van der Waals surface area contributed by atoms with Crippen LogP contribution in [0.15, 0.2) is 91.0 Å². The van der Waals surface area contributed by atoms with Crippen molar-refractivity contribution < 1.29 is 9.53 Å². The van der Waals surface area contributed by atoms with Gasteiger partial charge >= 0.3 is 6.03 Å². The van der Waals surface area contributed by atoms with Gasteiger partial charge in [-0.25, -0.2) is 4.79 Å². The van der Waals surface area contributed by atoms with Crippen molar-refractivity contribution >= 4 is 17.4 Å². The number of aromatic amines is 1. The number of tetrazole rings is 1. The van der Waals surface area contributed by atoms with Crippen molar-refractivity contribution in [3.05, 3.63) is 108 Å². The van der Waals surface area contributed by atoms with Crippen molar-refractivity contribution in [1.82, 2.24) is 20.6 Å². The number of amides is 2. The Morgan fingerprint density at radius 2 is 1.66 bits per heavy atom. The fourth-order valence-corrected chi connectivity index (χ4v) is 5.47.